The Labute approximate surface area is 138 Å². The van der Waals surface area contributed by atoms with Gasteiger partial charge in [0.2, 0.25) is 0 Å². The molecule has 0 saturated carbocycles. The van der Waals surface area contributed by atoms with E-state index in [1.807, 2.05) is 18.2 Å². The van der Waals surface area contributed by atoms with Crippen LogP contribution in [0.1, 0.15) is 10.4 Å². The van der Waals surface area contributed by atoms with Crippen molar-refractivity contribution < 1.29 is 19.2 Å². The summed E-state index contributed by atoms with van der Waals surface area (Å²) in [5, 5.41) is 9.74. The van der Waals surface area contributed by atoms with E-state index in [1.54, 1.807) is 31.3 Å². The largest absolute Gasteiger partial charge is 0.611 e. The molecule has 0 spiro atoms. The molecule has 6 heteroatoms. The van der Waals surface area contributed by atoms with Gasteiger partial charge >= 0.3 is 0 Å². The van der Waals surface area contributed by atoms with Gasteiger partial charge in [-0.15, -0.1) is 0 Å². The number of ether oxygens (including phenoxy) is 1. The van der Waals surface area contributed by atoms with Crippen LogP contribution in [-0.2, 0) is 11.2 Å². The number of phenols is 1. The van der Waals surface area contributed by atoms with Crippen molar-refractivity contribution >= 4 is 17.1 Å². The first-order chi connectivity index (χ1) is 11.0. The van der Waals surface area contributed by atoms with Crippen LogP contribution in [0.5, 0.6) is 11.5 Å². The second-order valence-electron chi connectivity index (χ2n) is 4.98. The van der Waals surface area contributed by atoms with Gasteiger partial charge in [-0.3, -0.25) is 4.79 Å². The zero-order chi connectivity index (χ0) is 16.8. The molecular formula is C17H19NO4S. The maximum atomic E-state index is 12.3. The molecule has 0 aliphatic rings. The van der Waals surface area contributed by atoms with Crippen LogP contribution in [0.25, 0.3) is 0 Å². The van der Waals surface area contributed by atoms with Crippen LogP contribution < -0.4 is 4.74 Å². The van der Waals surface area contributed by atoms with Gasteiger partial charge in [0.25, 0.3) is 5.91 Å². The Balaban J connectivity index is 1.96. The minimum atomic E-state index is -1.15. The molecule has 0 radical (unpaired) electrons. The average molecular weight is 333 g/mol. The summed E-state index contributed by atoms with van der Waals surface area (Å²) in [5.41, 5.74) is 0.358. The Kier molecular flexibility index (Phi) is 5.90. The van der Waals surface area contributed by atoms with Crippen molar-refractivity contribution in [2.75, 3.05) is 26.5 Å². The number of hydrogen-bond donors (Lipinski definition) is 1. The first-order valence-electron chi connectivity index (χ1n) is 7.09. The van der Waals surface area contributed by atoms with Crippen LogP contribution in [0.15, 0.2) is 53.4 Å². The van der Waals surface area contributed by atoms with Crippen molar-refractivity contribution in [3.63, 3.8) is 0 Å². The monoisotopic (exact) mass is 333 g/mol. The van der Waals surface area contributed by atoms with Gasteiger partial charge in [-0.05, 0) is 41.5 Å². The topological polar surface area (TPSA) is 72.8 Å². The number of aromatic hydroxyl groups is 1. The fraction of sp³-hybridized carbons (Fsp3) is 0.235. The van der Waals surface area contributed by atoms with Crippen LogP contribution in [0, 0.1) is 0 Å². The number of carbonyl (C=O) groups is 1. The lowest BCUT2D eigenvalue weighted by molar-refractivity contribution is 0.0803. The number of benzene rings is 2. The minimum Gasteiger partial charge on any atom is -0.611 e. The van der Waals surface area contributed by atoms with Crippen molar-refractivity contribution in [3.8, 4) is 11.5 Å². The van der Waals surface area contributed by atoms with Gasteiger partial charge in [0.15, 0.2) is 16.4 Å². The van der Waals surface area contributed by atoms with Crippen LogP contribution >= 0.6 is 0 Å². The molecule has 1 atom stereocenters. The molecule has 122 valence electrons. The van der Waals surface area contributed by atoms with Gasteiger partial charge in [-0.2, -0.15) is 0 Å². The molecule has 2 rings (SSSR count). The molecule has 0 bridgehead atoms. The van der Waals surface area contributed by atoms with Crippen molar-refractivity contribution in [2.45, 2.75) is 4.90 Å². The highest BCUT2D eigenvalue weighted by Crippen LogP contribution is 2.26. The van der Waals surface area contributed by atoms with E-state index in [1.165, 1.54) is 18.1 Å². The van der Waals surface area contributed by atoms with Gasteiger partial charge in [0.05, 0.1) is 13.7 Å². The maximum Gasteiger partial charge on any atom is 0.253 e. The maximum absolute atomic E-state index is 12.3. The van der Waals surface area contributed by atoms with Crippen molar-refractivity contribution in [1.29, 1.82) is 0 Å². The predicted octanol–water partition coefficient (Wildman–Crippen LogP) is 2.28. The summed E-state index contributed by atoms with van der Waals surface area (Å²) >= 11 is -1.15. The fourth-order valence-electron chi connectivity index (χ4n) is 2.05. The SMILES string of the molecule is COc1ccc(C(=O)N(C)CC[S+]([O-])c2ccccc2)cc1O. The predicted molar refractivity (Wildman–Crippen MR) is 89.3 cm³/mol. The fourth-order valence-corrected chi connectivity index (χ4v) is 3.19. The Morgan fingerprint density at radius 3 is 2.57 bits per heavy atom. The highest BCUT2D eigenvalue weighted by molar-refractivity contribution is 7.91. The van der Waals surface area contributed by atoms with E-state index in [0.717, 1.165) is 4.90 Å². The quantitative estimate of drug-likeness (QED) is 0.823. The first kappa shape index (κ1) is 17.2. The number of amides is 1. The van der Waals surface area contributed by atoms with Crippen LogP contribution in [0.3, 0.4) is 0 Å². The third kappa shape index (κ3) is 4.40. The van der Waals surface area contributed by atoms with Gasteiger partial charge in [0.1, 0.15) is 5.75 Å². The van der Waals surface area contributed by atoms with E-state index in [9.17, 15) is 14.5 Å². The molecule has 0 heterocycles. The Bertz CT molecular complexity index is 663. The molecule has 0 saturated heterocycles. The molecular weight excluding hydrogens is 314 g/mol. The second kappa shape index (κ2) is 7.89. The van der Waals surface area contributed by atoms with Gasteiger partial charge in [0, 0.05) is 12.6 Å². The summed E-state index contributed by atoms with van der Waals surface area (Å²) in [7, 11) is 3.09. The number of rotatable bonds is 6. The average Bonchev–Trinajstić information content (AvgIpc) is 2.59. The summed E-state index contributed by atoms with van der Waals surface area (Å²) in [5.74, 6) is 0.344. The van der Waals surface area contributed by atoms with Crippen LogP contribution in [-0.4, -0.2) is 46.9 Å². The molecule has 2 aromatic carbocycles. The van der Waals surface area contributed by atoms with E-state index in [4.69, 9.17) is 4.74 Å². The lowest BCUT2D eigenvalue weighted by atomic mass is 10.2. The summed E-state index contributed by atoms with van der Waals surface area (Å²) in [6.07, 6.45) is 0. The molecule has 23 heavy (non-hydrogen) atoms. The number of phenolic OH excluding ortho intramolecular Hbond substituents is 1. The molecule has 2 aromatic rings. The molecule has 0 aliphatic carbocycles. The minimum absolute atomic E-state index is 0.0837. The number of nitrogens with zero attached hydrogens (tertiary/aromatic N) is 1. The summed E-state index contributed by atoms with van der Waals surface area (Å²) in [4.78, 5) is 14.6. The Hall–Kier alpha value is -2.18. The van der Waals surface area contributed by atoms with E-state index >= 15 is 0 Å². The molecule has 0 aromatic heterocycles. The summed E-state index contributed by atoms with van der Waals surface area (Å²) < 4.78 is 17.1. The Morgan fingerprint density at radius 1 is 1.26 bits per heavy atom. The van der Waals surface area contributed by atoms with E-state index in [-0.39, 0.29) is 11.7 Å². The molecule has 5 nitrogen and oxygen atoms in total. The normalized spacial score (nSPS) is 11.8. The Morgan fingerprint density at radius 2 is 1.96 bits per heavy atom. The number of carbonyl (C=O) groups excluding carboxylic acids is 1. The third-order valence-electron chi connectivity index (χ3n) is 3.39. The van der Waals surface area contributed by atoms with Gasteiger partial charge in [-0.1, -0.05) is 18.2 Å². The number of hydrogen-bond acceptors (Lipinski definition) is 4. The third-order valence-corrected chi connectivity index (χ3v) is 4.74. The van der Waals surface area contributed by atoms with Gasteiger partial charge in [-0.25, -0.2) is 0 Å². The highest BCUT2D eigenvalue weighted by Gasteiger charge is 2.17. The first-order valence-corrected chi connectivity index (χ1v) is 8.40. The van der Waals surface area contributed by atoms with Crippen molar-refractivity contribution in [1.82, 2.24) is 4.90 Å². The zero-order valence-electron chi connectivity index (χ0n) is 13.1. The lowest BCUT2D eigenvalue weighted by Crippen LogP contribution is -2.31. The van der Waals surface area contributed by atoms with E-state index in [0.29, 0.717) is 23.6 Å². The molecule has 0 aliphatic heterocycles. The van der Waals surface area contributed by atoms with Crippen LogP contribution in [0.4, 0.5) is 0 Å². The van der Waals surface area contributed by atoms with Gasteiger partial charge < -0.3 is 19.3 Å². The van der Waals surface area contributed by atoms with E-state index in [2.05, 4.69) is 0 Å². The molecule has 0 fully saturated rings. The smallest absolute Gasteiger partial charge is 0.253 e. The number of methoxy groups -OCH3 is 1. The van der Waals surface area contributed by atoms with Crippen molar-refractivity contribution in [2.24, 2.45) is 0 Å². The molecule has 1 N–H and O–H groups in total. The molecule has 1 amide bonds. The summed E-state index contributed by atoms with van der Waals surface area (Å²) in [6.45, 7) is 0.354. The zero-order valence-corrected chi connectivity index (χ0v) is 13.9. The highest BCUT2D eigenvalue weighted by atomic mass is 32.2. The second-order valence-corrected chi connectivity index (χ2v) is 6.55. The van der Waals surface area contributed by atoms with Crippen molar-refractivity contribution in [3.05, 3.63) is 54.1 Å². The lowest BCUT2D eigenvalue weighted by Gasteiger charge is -2.19. The summed E-state index contributed by atoms with van der Waals surface area (Å²) in [6, 6.07) is 13.6. The molecule has 1 unspecified atom stereocenters. The van der Waals surface area contributed by atoms with Crippen LogP contribution in [0.2, 0.25) is 0 Å². The standard InChI is InChI=1S/C17H19NO4S/c1-18(10-11-23(21)14-6-4-3-5-7-14)17(20)13-8-9-16(22-2)15(19)12-13/h3-9,12,19H,10-11H2,1-2H3. The van der Waals surface area contributed by atoms with E-state index < -0.39 is 11.2 Å².